The molecule has 0 saturated heterocycles. The zero-order valence-electron chi connectivity index (χ0n) is 2.68. The first-order chi connectivity index (χ1) is 2.56. The van der Waals surface area contributed by atoms with Gasteiger partial charge in [0, 0.05) is 0 Å². The Hall–Kier alpha value is 0.429. The van der Waals surface area contributed by atoms with E-state index in [0.717, 1.165) is 0 Å². The summed E-state index contributed by atoms with van der Waals surface area (Å²) >= 11 is 4.08. The molecule has 0 fully saturated rings. The quantitative estimate of drug-likeness (QED) is 0.409. The third-order valence-corrected chi connectivity index (χ3v) is 1.36. The zero-order valence-corrected chi connectivity index (χ0v) is 4.44. The molecule has 0 spiro atoms. The maximum absolute atomic E-state index is 9.45. The Kier molecular flexibility index (Phi) is 2.07. The van der Waals surface area contributed by atoms with Gasteiger partial charge in [0.25, 0.3) is 0 Å². The molecule has 0 aliphatic heterocycles. The zero-order chi connectivity index (χ0) is 5.21. The van der Waals surface area contributed by atoms with Crippen LogP contribution in [0.4, 0.5) is 0 Å². The summed E-state index contributed by atoms with van der Waals surface area (Å²) in [6.45, 7) is 0. The Bertz CT molecular complexity index is 113. The van der Waals surface area contributed by atoms with E-state index in [1.165, 1.54) is 0 Å². The molecule has 1 N–H and O–H groups in total. The van der Waals surface area contributed by atoms with Gasteiger partial charge < -0.3 is 0 Å². The molecule has 0 radical (unpaired) electrons. The third kappa shape index (κ3) is 4.43. The Labute approximate surface area is 44.3 Å². The van der Waals surface area contributed by atoms with E-state index in [-0.39, 0.29) is 0 Å². The first-order valence-electron chi connectivity index (χ1n) is 1.02. The van der Waals surface area contributed by atoms with Crippen LogP contribution in [-0.2, 0) is 26.1 Å². The molecule has 5 heteroatoms. The van der Waals surface area contributed by atoms with E-state index in [9.17, 15) is 8.42 Å². The molecule has 0 aromatic carbocycles. The molecular weight excluding hydrogens is 156 g/mol. The fourth-order valence-corrected chi connectivity index (χ4v) is 0. The second-order valence-electron chi connectivity index (χ2n) is 0.669. The van der Waals surface area contributed by atoms with Gasteiger partial charge in [0.2, 0.25) is 0 Å². The first kappa shape index (κ1) is 6.43. The molecule has 42 valence electrons. The average molecular weight is 159 g/mol. The van der Waals surface area contributed by atoms with Crippen LogP contribution in [0, 0.1) is 0 Å². The molecule has 3 nitrogen and oxygen atoms in total. The second-order valence-corrected chi connectivity index (χ2v) is 2.82. The van der Waals surface area contributed by atoms with Crippen molar-refractivity contribution in [1.29, 1.82) is 0 Å². The Balaban J connectivity index is 3.85. The Morgan fingerprint density at radius 1 is 1.67 bits per heavy atom. The van der Waals surface area contributed by atoms with Crippen molar-refractivity contribution < 1.29 is 29.0 Å². The third-order valence-electron chi connectivity index (χ3n) is 0.110. The van der Waals surface area contributed by atoms with Crippen LogP contribution in [0.5, 0.6) is 0 Å². The van der Waals surface area contributed by atoms with E-state index in [2.05, 4.69) is 16.0 Å². The summed E-state index contributed by atoms with van der Waals surface area (Å²) in [5, 5.41) is 0. The van der Waals surface area contributed by atoms with Crippen LogP contribution in [0.25, 0.3) is 0 Å². The van der Waals surface area contributed by atoms with E-state index in [0.29, 0.717) is 0 Å². The van der Waals surface area contributed by atoms with Crippen molar-refractivity contribution >= 4 is 10.1 Å². The molecule has 0 amide bonds. The van der Waals surface area contributed by atoms with Gasteiger partial charge in [0.15, 0.2) is 0 Å². The summed E-state index contributed by atoms with van der Waals surface area (Å²) in [4.78, 5) is 0. The molecule has 0 atom stereocenters. The summed E-state index contributed by atoms with van der Waals surface area (Å²) in [7, 11) is -3.86. The molecule has 0 unspecified atom stereocenters. The minimum atomic E-state index is -3.86. The van der Waals surface area contributed by atoms with Crippen molar-refractivity contribution in [2.75, 3.05) is 4.65 Å². The van der Waals surface area contributed by atoms with Crippen LogP contribution in [-0.4, -0.2) is 17.6 Å². The van der Waals surface area contributed by atoms with Gasteiger partial charge in [-0.2, -0.15) is 0 Å². The SMILES string of the molecule is O=S(=O)(O)[CH2][Cu]. The molecule has 0 bridgehead atoms. The van der Waals surface area contributed by atoms with Gasteiger partial charge in [-0.05, 0) is 0 Å². The number of rotatable bonds is 1. The molecular formula is CH3CuO3S. The average Bonchev–Trinajstić information content (AvgIpc) is 1.35. The van der Waals surface area contributed by atoms with E-state index in [1.807, 2.05) is 0 Å². The summed E-state index contributed by atoms with van der Waals surface area (Å²) in [6.07, 6.45) is 0. The Morgan fingerprint density at radius 2 is 1.83 bits per heavy atom. The summed E-state index contributed by atoms with van der Waals surface area (Å²) < 4.78 is 25.9. The summed E-state index contributed by atoms with van der Waals surface area (Å²) in [6, 6.07) is 0. The summed E-state index contributed by atoms with van der Waals surface area (Å²) in [5.74, 6) is 0. The maximum atomic E-state index is 9.45. The fraction of sp³-hybridized carbons (Fsp3) is 1.00. The van der Waals surface area contributed by atoms with Gasteiger partial charge in [-0.15, -0.1) is 0 Å². The van der Waals surface area contributed by atoms with Crippen LogP contribution in [0.2, 0.25) is 0 Å². The molecule has 0 heterocycles. The summed E-state index contributed by atoms with van der Waals surface area (Å²) in [5.41, 5.74) is 0. The molecule has 0 aliphatic carbocycles. The van der Waals surface area contributed by atoms with Crippen LogP contribution in [0.1, 0.15) is 0 Å². The van der Waals surface area contributed by atoms with Gasteiger partial charge in [0.05, 0.1) is 0 Å². The standard InChI is InChI=1S/CH3O3S.Cu/c1-5(2,3)4;/h1H2,(H,2,3,4);. The van der Waals surface area contributed by atoms with Gasteiger partial charge in [-0.1, -0.05) is 0 Å². The van der Waals surface area contributed by atoms with Crippen LogP contribution < -0.4 is 0 Å². The second kappa shape index (κ2) is 1.93. The first-order valence-corrected chi connectivity index (χ1v) is 3.29. The monoisotopic (exact) mass is 158 g/mol. The topological polar surface area (TPSA) is 54.4 Å². The van der Waals surface area contributed by atoms with Gasteiger partial charge in [-0.25, -0.2) is 0 Å². The molecule has 0 aromatic rings. The van der Waals surface area contributed by atoms with Crippen molar-refractivity contribution in [2.45, 2.75) is 0 Å². The predicted octanol–water partition coefficient (Wildman–Crippen LogP) is -0.621. The van der Waals surface area contributed by atoms with Crippen molar-refractivity contribution in [3.63, 3.8) is 0 Å². The van der Waals surface area contributed by atoms with E-state index in [1.54, 1.807) is 0 Å². The van der Waals surface area contributed by atoms with Crippen LogP contribution in [0.3, 0.4) is 0 Å². The minimum absolute atomic E-state index is 0.639. The van der Waals surface area contributed by atoms with E-state index in [4.69, 9.17) is 4.55 Å². The van der Waals surface area contributed by atoms with E-state index >= 15 is 0 Å². The number of hydrogen-bond donors (Lipinski definition) is 1. The van der Waals surface area contributed by atoms with Crippen LogP contribution in [0.15, 0.2) is 0 Å². The van der Waals surface area contributed by atoms with Crippen molar-refractivity contribution in [3.05, 3.63) is 0 Å². The molecule has 0 aromatic heterocycles. The molecule has 6 heavy (non-hydrogen) atoms. The molecule has 0 rings (SSSR count). The van der Waals surface area contributed by atoms with E-state index < -0.39 is 14.8 Å². The predicted molar refractivity (Wildman–Crippen MR) is 16.4 cm³/mol. The normalized spacial score (nSPS) is 11.8. The number of hydrogen-bond acceptors (Lipinski definition) is 2. The van der Waals surface area contributed by atoms with Gasteiger partial charge >= 0.3 is 43.8 Å². The van der Waals surface area contributed by atoms with Crippen LogP contribution >= 0.6 is 0 Å². The van der Waals surface area contributed by atoms with Gasteiger partial charge in [0.1, 0.15) is 0 Å². The fourth-order valence-electron chi connectivity index (χ4n) is 0. The van der Waals surface area contributed by atoms with Gasteiger partial charge in [-0.3, -0.25) is 0 Å². The Morgan fingerprint density at radius 3 is 1.83 bits per heavy atom. The van der Waals surface area contributed by atoms with Crippen molar-refractivity contribution in [1.82, 2.24) is 0 Å². The van der Waals surface area contributed by atoms with Crippen molar-refractivity contribution in [3.8, 4) is 0 Å². The molecule has 0 aliphatic rings. The molecule has 0 saturated carbocycles. The van der Waals surface area contributed by atoms with Crippen molar-refractivity contribution in [2.24, 2.45) is 0 Å².